The van der Waals surface area contributed by atoms with Crippen LogP contribution in [0.2, 0.25) is 0 Å². The van der Waals surface area contributed by atoms with E-state index >= 15 is 0 Å². The number of nitrogens with zero attached hydrogens (tertiary/aromatic N) is 2. The van der Waals surface area contributed by atoms with Crippen LogP contribution >= 0.6 is 0 Å². The molecular formula is C16H20N2O4S. The molecule has 6 nitrogen and oxygen atoms in total. The highest BCUT2D eigenvalue weighted by Gasteiger charge is 2.50. The van der Waals surface area contributed by atoms with Crippen LogP contribution in [0.4, 0.5) is 0 Å². The molecule has 3 fully saturated rings. The van der Waals surface area contributed by atoms with Gasteiger partial charge in [0.15, 0.2) is 9.84 Å². The van der Waals surface area contributed by atoms with Gasteiger partial charge in [-0.05, 0) is 38.2 Å². The molecule has 7 heteroatoms. The molecule has 3 heterocycles. The first-order valence-corrected chi connectivity index (χ1v) is 9.90. The van der Waals surface area contributed by atoms with Crippen molar-refractivity contribution in [1.82, 2.24) is 9.88 Å². The van der Waals surface area contributed by atoms with Gasteiger partial charge in [0, 0.05) is 24.8 Å². The molecule has 124 valence electrons. The van der Waals surface area contributed by atoms with Gasteiger partial charge in [0.05, 0.1) is 16.6 Å². The first-order valence-electron chi connectivity index (χ1n) is 8.18. The minimum Gasteiger partial charge on any atom is -0.474 e. The summed E-state index contributed by atoms with van der Waals surface area (Å²) in [6.07, 6.45) is 6.87. The van der Waals surface area contributed by atoms with Gasteiger partial charge in [-0.1, -0.05) is 0 Å². The van der Waals surface area contributed by atoms with Crippen LogP contribution in [0, 0.1) is 0 Å². The lowest BCUT2D eigenvalue weighted by molar-refractivity contribution is 0.0745. The van der Waals surface area contributed by atoms with Crippen LogP contribution < -0.4 is 4.74 Å². The van der Waals surface area contributed by atoms with Crippen LogP contribution in [-0.2, 0) is 9.84 Å². The van der Waals surface area contributed by atoms with Crippen molar-refractivity contribution in [3.8, 4) is 5.88 Å². The van der Waals surface area contributed by atoms with Crippen molar-refractivity contribution in [2.24, 2.45) is 0 Å². The predicted molar refractivity (Wildman–Crippen MR) is 84.1 cm³/mol. The molecule has 0 radical (unpaired) electrons. The molecule has 0 N–H and O–H groups in total. The van der Waals surface area contributed by atoms with E-state index in [2.05, 4.69) is 4.98 Å². The number of amides is 1. The van der Waals surface area contributed by atoms with Crippen molar-refractivity contribution in [1.29, 1.82) is 0 Å². The fraction of sp³-hybridized carbons (Fsp3) is 0.625. The van der Waals surface area contributed by atoms with E-state index in [1.165, 1.54) is 19.0 Å². The van der Waals surface area contributed by atoms with E-state index in [1.807, 2.05) is 0 Å². The van der Waals surface area contributed by atoms with Crippen LogP contribution in [0.25, 0.3) is 0 Å². The van der Waals surface area contributed by atoms with E-state index in [1.54, 1.807) is 17.0 Å². The van der Waals surface area contributed by atoms with Crippen molar-refractivity contribution in [3.63, 3.8) is 0 Å². The number of likely N-dealkylation sites (tertiary alicyclic amines) is 1. The molecule has 4 rings (SSSR count). The van der Waals surface area contributed by atoms with Crippen molar-refractivity contribution in [2.45, 2.75) is 49.5 Å². The van der Waals surface area contributed by atoms with E-state index in [-0.39, 0.29) is 29.1 Å². The summed E-state index contributed by atoms with van der Waals surface area (Å²) in [6.45, 7) is 0.312. The van der Waals surface area contributed by atoms with Crippen LogP contribution in [0.5, 0.6) is 5.88 Å². The van der Waals surface area contributed by atoms with E-state index < -0.39 is 9.84 Å². The number of hydrogen-bond donors (Lipinski definition) is 0. The molecule has 1 aliphatic carbocycles. The van der Waals surface area contributed by atoms with Gasteiger partial charge in [0.1, 0.15) is 6.10 Å². The minimum absolute atomic E-state index is 0.0969. The molecule has 23 heavy (non-hydrogen) atoms. The van der Waals surface area contributed by atoms with Crippen LogP contribution in [0.3, 0.4) is 0 Å². The van der Waals surface area contributed by atoms with Crippen LogP contribution in [0.1, 0.15) is 42.5 Å². The molecule has 0 aromatic carbocycles. The zero-order valence-corrected chi connectivity index (χ0v) is 13.7. The lowest BCUT2D eigenvalue weighted by atomic mass is 10.2. The Balaban J connectivity index is 1.43. The third-order valence-electron chi connectivity index (χ3n) is 5.14. The summed E-state index contributed by atoms with van der Waals surface area (Å²) in [6, 6.07) is 3.28. The maximum absolute atomic E-state index is 12.6. The summed E-state index contributed by atoms with van der Waals surface area (Å²) >= 11 is 0. The Kier molecular flexibility index (Phi) is 3.55. The summed E-state index contributed by atoms with van der Waals surface area (Å²) in [4.78, 5) is 18.5. The number of carbonyl (C=O) groups is 1. The molecule has 2 aliphatic heterocycles. The fourth-order valence-electron chi connectivity index (χ4n) is 3.86. The van der Waals surface area contributed by atoms with Gasteiger partial charge in [-0.3, -0.25) is 4.79 Å². The summed E-state index contributed by atoms with van der Waals surface area (Å²) in [5.74, 6) is 0.519. The Hall–Kier alpha value is -1.63. The van der Waals surface area contributed by atoms with Gasteiger partial charge in [-0.2, -0.15) is 0 Å². The number of sulfone groups is 1. The van der Waals surface area contributed by atoms with E-state index in [0.717, 1.165) is 12.8 Å². The first-order chi connectivity index (χ1) is 11.0. The molecule has 1 amide bonds. The molecule has 1 aromatic heterocycles. The fourth-order valence-corrected chi connectivity index (χ4v) is 5.89. The largest absolute Gasteiger partial charge is 0.474 e. The van der Waals surface area contributed by atoms with Gasteiger partial charge < -0.3 is 9.64 Å². The quantitative estimate of drug-likeness (QED) is 0.834. The molecule has 2 unspecified atom stereocenters. The van der Waals surface area contributed by atoms with Gasteiger partial charge in [-0.15, -0.1) is 0 Å². The van der Waals surface area contributed by atoms with Crippen molar-refractivity contribution in [3.05, 3.63) is 23.9 Å². The molecule has 2 atom stereocenters. The minimum atomic E-state index is -2.99. The van der Waals surface area contributed by atoms with Gasteiger partial charge in [0.2, 0.25) is 5.88 Å². The monoisotopic (exact) mass is 336 g/mol. The molecule has 1 saturated carbocycles. The number of ether oxygens (including phenoxy) is 1. The standard InChI is InChI=1S/C16H20N2O4S/c19-16(18-9-14-7-12(18)10-23(14,20)21)11-5-6-15(17-8-11)22-13-3-1-2-4-13/h5-6,8,12-14H,1-4,7,9-10H2. The maximum atomic E-state index is 12.6. The van der Waals surface area contributed by atoms with Crippen LogP contribution in [0.15, 0.2) is 18.3 Å². The Labute approximate surface area is 135 Å². The van der Waals surface area contributed by atoms with Gasteiger partial charge >= 0.3 is 0 Å². The summed E-state index contributed by atoms with van der Waals surface area (Å²) in [5.41, 5.74) is 0.494. The van der Waals surface area contributed by atoms with Crippen molar-refractivity contribution >= 4 is 15.7 Å². The number of rotatable bonds is 3. The topological polar surface area (TPSA) is 76.6 Å². The lowest BCUT2D eigenvalue weighted by Gasteiger charge is -2.26. The van der Waals surface area contributed by atoms with E-state index in [4.69, 9.17) is 4.74 Å². The summed E-state index contributed by atoms with van der Waals surface area (Å²) in [5, 5.41) is -0.380. The zero-order valence-electron chi connectivity index (χ0n) is 12.8. The number of carbonyl (C=O) groups excluding carboxylic acids is 1. The highest BCUT2D eigenvalue weighted by atomic mass is 32.2. The van der Waals surface area contributed by atoms with Crippen LogP contribution in [-0.4, -0.2) is 53.9 Å². The second-order valence-electron chi connectivity index (χ2n) is 6.71. The number of pyridine rings is 1. The molecule has 2 saturated heterocycles. The normalized spacial score (nSPS) is 29.1. The summed E-state index contributed by atoms with van der Waals surface area (Å²) in [7, 11) is -2.99. The third kappa shape index (κ3) is 2.71. The zero-order chi connectivity index (χ0) is 16.0. The first kappa shape index (κ1) is 14.9. The Morgan fingerprint density at radius 2 is 2.04 bits per heavy atom. The SMILES string of the molecule is O=C(c1ccc(OC2CCCC2)nc1)N1CC2CC1CS2(=O)=O. The highest BCUT2D eigenvalue weighted by molar-refractivity contribution is 7.92. The molecule has 2 bridgehead atoms. The van der Waals surface area contributed by atoms with Gasteiger partial charge in [-0.25, -0.2) is 13.4 Å². The molecule has 1 aromatic rings. The number of hydrogen-bond acceptors (Lipinski definition) is 5. The number of fused-ring (bicyclic) bond motifs is 2. The Morgan fingerprint density at radius 1 is 1.26 bits per heavy atom. The average molecular weight is 336 g/mol. The second kappa shape index (κ2) is 5.47. The summed E-state index contributed by atoms with van der Waals surface area (Å²) < 4.78 is 29.3. The van der Waals surface area contributed by atoms with E-state index in [9.17, 15) is 13.2 Å². The molecular weight excluding hydrogens is 316 g/mol. The van der Waals surface area contributed by atoms with E-state index in [0.29, 0.717) is 24.4 Å². The number of aromatic nitrogens is 1. The highest BCUT2D eigenvalue weighted by Crippen LogP contribution is 2.34. The second-order valence-corrected chi connectivity index (χ2v) is 9.03. The van der Waals surface area contributed by atoms with Crippen molar-refractivity contribution < 1.29 is 17.9 Å². The van der Waals surface area contributed by atoms with Gasteiger partial charge in [0.25, 0.3) is 5.91 Å². The maximum Gasteiger partial charge on any atom is 0.255 e. The Morgan fingerprint density at radius 3 is 2.61 bits per heavy atom. The molecule has 0 spiro atoms. The Bertz CT molecular complexity index is 710. The smallest absolute Gasteiger partial charge is 0.255 e. The molecule has 3 aliphatic rings. The third-order valence-corrected chi connectivity index (χ3v) is 7.35. The predicted octanol–water partition coefficient (Wildman–Crippen LogP) is 1.41. The van der Waals surface area contributed by atoms with Crippen molar-refractivity contribution in [2.75, 3.05) is 12.3 Å². The lowest BCUT2D eigenvalue weighted by Crippen LogP contribution is -2.44. The average Bonchev–Trinajstić information content (AvgIpc) is 3.22.